The van der Waals surface area contributed by atoms with Crippen molar-refractivity contribution in [3.63, 3.8) is 0 Å². The van der Waals surface area contributed by atoms with Crippen molar-refractivity contribution in [3.8, 4) is 0 Å². The van der Waals surface area contributed by atoms with Crippen LogP contribution < -0.4 is 10.6 Å². The zero-order valence-corrected chi connectivity index (χ0v) is 13.2. The predicted molar refractivity (Wildman–Crippen MR) is 88.6 cm³/mol. The Balaban J connectivity index is 2.93. The van der Waals surface area contributed by atoms with Crippen molar-refractivity contribution in [1.29, 1.82) is 5.41 Å². The fraction of sp³-hybridized carbons (Fsp3) is 0.294. The lowest BCUT2D eigenvalue weighted by Crippen LogP contribution is -2.21. The molecule has 0 unspecified atom stereocenters. The second-order valence-electron chi connectivity index (χ2n) is 4.90. The van der Waals surface area contributed by atoms with Gasteiger partial charge in [0, 0.05) is 47.4 Å². The van der Waals surface area contributed by atoms with Crippen molar-refractivity contribution in [2.75, 3.05) is 13.1 Å². The normalized spacial score (nSPS) is 11.5. The molecule has 1 rings (SSSR count). The summed E-state index contributed by atoms with van der Waals surface area (Å²) < 4.78 is 13.3. The van der Waals surface area contributed by atoms with Crippen LogP contribution in [0.2, 0.25) is 0 Å². The van der Waals surface area contributed by atoms with E-state index in [-0.39, 0.29) is 5.78 Å². The highest BCUT2D eigenvalue weighted by molar-refractivity contribution is 5.98. The Morgan fingerprint density at radius 2 is 2.00 bits per heavy atom. The van der Waals surface area contributed by atoms with E-state index < -0.39 is 5.82 Å². The quantitative estimate of drug-likeness (QED) is 0.510. The van der Waals surface area contributed by atoms with Crippen molar-refractivity contribution in [2.45, 2.75) is 20.8 Å². The number of halogens is 1. The first-order valence-electron chi connectivity index (χ1n) is 7.08. The van der Waals surface area contributed by atoms with Gasteiger partial charge in [0.2, 0.25) is 0 Å². The predicted octanol–water partition coefficient (Wildman–Crippen LogP) is 3.12. The Kier molecular flexibility index (Phi) is 6.50. The van der Waals surface area contributed by atoms with Gasteiger partial charge >= 0.3 is 0 Å². The van der Waals surface area contributed by atoms with E-state index in [2.05, 4.69) is 17.2 Å². The third-order valence-corrected chi connectivity index (χ3v) is 3.28. The SMILES string of the molecule is C=C(NC/C(C=N)=C(\C)NCC)c1ccc(F)cc1C(C)=O. The number of carbonyl (C=O) groups is 1. The van der Waals surface area contributed by atoms with Crippen LogP contribution >= 0.6 is 0 Å². The van der Waals surface area contributed by atoms with Crippen molar-refractivity contribution in [3.05, 3.63) is 53.0 Å². The minimum atomic E-state index is -0.454. The summed E-state index contributed by atoms with van der Waals surface area (Å²) in [4.78, 5) is 11.6. The van der Waals surface area contributed by atoms with Gasteiger partial charge in [-0.05, 0) is 39.0 Å². The fourth-order valence-electron chi connectivity index (χ4n) is 2.04. The summed E-state index contributed by atoms with van der Waals surface area (Å²) in [6.07, 6.45) is 1.27. The van der Waals surface area contributed by atoms with Gasteiger partial charge in [0.1, 0.15) is 5.82 Å². The maximum atomic E-state index is 13.3. The first-order valence-corrected chi connectivity index (χ1v) is 7.08. The summed E-state index contributed by atoms with van der Waals surface area (Å²) in [6, 6.07) is 4.04. The second-order valence-corrected chi connectivity index (χ2v) is 4.90. The third kappa shape index (κ3) is 4.55. The summed E-state index contributed by atoms with van der Waals surface area (Å²) in [7, 11) is 0. The molecule has 118 valence electrons. The highest BCUT2D eigenvalue weighted by Gasteiger charge is 2.11. The van der Waals surface area contributed by atoms with Crippen LogP contribution in [-0.2, 0) is 0 Å². The van der Waals surface area contributed by atoms with Gasteiger partial charge in [-0.2, -0.15) is 0 Å². The maximum absolute atomic E-state index is 13.3. The molecule has 0 amide bonds. The molecule has 1 aromatic carbocycles. The molecule has 0 fully saturated rings. The fourth-order valence-corrected chi connectivity index (χ4v) is 2.04. The smallest absolute Gasteiger partial charge is 0.160 e. The summed E-state index contributed by atoms with van der Waals surface area (Å²) >= 11 is 0. The number of carbonyl (C=O) groups excluding carboxylic acids is 1. The minimum absolute atomic E-state index is 0.218. The maximum Gasteiger partial charge on any atom is 0.160 e. The number of Topliss-reactive ketones (excluding diaryl/α,β-unsaturated/α-hetero) is 1. The topological polar surface area (TPSA) is 65.0 Å². The molecule has 0 spiro atoms. The van der Waals surface area contributed by atoms with Crippen LogP contribution in [0.1, 0.15) is 36.7 Å². The highest BCUT2D eigenvalue weighted by Crippen LogP contribution is 2.18. The number of allylic oxidation sites excluding steroid dienone is 1. The third-order valence-electron chi connectivity index (χ3n) is 3.28. The van der Waals surface area contributed by atoms with Crippen LogP contribution in [-0.4, -0.2) is 25.1 Å². The number of hydrogen-bond acceptors (Lipinski definition) is 4. The van der Waals surface area contributed by atoms with Gasteiger partial charge in [-0.25, -0.2) is 4.39 Å². The Labute approximate surface area is 130 Å². The van der Waals surface area contributed by atoms with Gasteiger partial charge in [-0.3, -0.25) is 4.79 Å². The van der Waals surface area contributed by atoms with E-state index in [0.717, 1.165) is 17.8 Å². The molecule has 0 saturated heterocycles. The summed E-state index contributed by atoms with van der Waals surface area (Å²) in [6.45, 7) is 10.3. The van der Waals surface area contributed by atoms with E-state index in [1.807, 2.05) is 13.8 Å². The van der Waals surface area contributed by atoms with Gasteiger partial charge < -0.3 is 16.0 Å². The van der Waals surface area contributed by atoms with Crippen LogP contribution in [0.3, 0.4) is 0 Å². The first-order chi connectivity index (χ1) is 10.4. The molecule has 0 bridgehead atoms. The van der Waals surface area contributed by atoms with Crippen molar-refractivity contribution in [1.82, 2.24) is 10.6 Å². The molecule has 0 aliphatic carbocycles. The Bertz CT molecular complexity index is 620. The minimum Gasteiger partial charge on any atom is -0.389 e. The Hall–Kier alpha value is -2.43. The molecule has 22 heavy (non-hydrogen) atoms. The van der Waals surface area contributed by atoms with E-state index in [9.17, 15) is 9.18 Å². The lowest BCUT2D eigenvalue weighted by molar-refractivity contribution is 0.101. The van der Waals surface area contributed by atoms with E-state index in [0.29, 0.717) is 23.4 Å². The van der Waals surface area contributed by atoms with Gasteiger partial charge in [0.25, 0.3) is 0 Å². The lowest BCUT2D eigenvalue weighted by Gasteiger charge is -2.15. The number of nitrogens with one attached hydrogen (secondary N) is 3. The summed E-state index contributed by atoms with van der Waals surface area (Å²) in [5, 5.41) is 13.7. The molecule has 0 saturated carbocycles. The molecule has 0 aromatic heterocycles. The molecule has 0 radical (unpaired) electrons. The van der Waals surface area contributed by atoms with Crippen LogP contribution in [0.5, 0.6) is 0 Å². The number of rotatable bonds is 8. The van der Waals surface area contributed by atoms with E-state index in [4.69, 9.17) is 5.41 Å². The van der Waals surface area contributed by atoms with Crippen molar-refractivity contribution >= 4 is 17.7 Å². The summed E-state index contributed by atoms with van der Waals surface area (Å²) in [5.74, 6) is -0.672. The van der Waals surface area contributed by atoms with Crippen LogP contribution in [0.25, 0.3) is 5.70 Å². The molecule has 0 aliphatic heterocycles. The van der Waals surface area contributed by atoms with Gasteiger partial charge in [0.15, 0.2) is 5.78 Å². The van der Waals surface area contributed by atoms with Crippen LogP contribution in [0, 0.1) is 11.2 Å². The highest BCUT2D eigenvalue weighted by atomic mass is 19.1. The molecule has 0 heterocycles. The average molecular weight is 303 g/mol. The number of hydrogen-bond donors (Lipinski definition) is 3. The van der Waals surface area contributed by atoms with Gasteiger partial charge in [-0.1, -0.05) is 6.58 Å². The monoisotopic (exact) mass is 303 g/mol. The molecular formula is C17H22FN3O. The molecule has 0 atom stereocenters. The lowest BCUT2D eigenvalue weighted by atomic mass is 10.0. The molecule has 5 heteroatoms. The standard InChI is InChI=1S/C17H22FN3O/c1-5-20-11(2)14(9-19)10-21-12(3)16-7-6-15(18)8-17(16)13(4)22/h6-9,19-21H,3,5,10H2,1-2,4H3/b14-11+,19-9?. The van der Waals surface area contributed by atoms with Gasteiger partial charge in [0.05, 0.1) is 0 Å². The average Bonchev–Trinajstić information content (AvgIpc) is 2.47. The number of benzene rings is 1. The first kappa shape index (κ1) is 17.6. The summed E-state index contributed by atoms with van der Waals surface area (Å²) in [5.41, 5.74) is 3.08. The van der Waals surface area contributed by atoms with Crippen molar-refractivity contribution < 1.29 is 9.18 Å². The second kappa shape index (κ2) is 8.12. The molecule has 3 N–H and O–H groups in total. The largest absolute Gasteiger partial charge is 0.389 e. The van der Waals surface area contributed by atoms with E-state index in [1.165, 1.54) is 31.3 Å². The zero-order valence-electron chi connectivity index (χ0n) is 13.2. The van der Waals surface area contributed by atoms with E-state index >= 15 is 0 Å². The van der Waals surface area contributed by atoms with E-state index in [1.54, 1.807) is 0 Å². The molecule has 1 aromatic rings. The Morgan fingerprint density at radius 1 is 1.32 bits per heavy atom. The Morgan fingerprint density at radius 3 is 2.55 bits per heavy atom. The molecular weight excluding hydrogens is 281 g/mol. The van der Waals surface area contributed by atoms with Crippen molar-refractivity contribution in [2.24, 2.45) is 0 Å². The van der Waals surface area contributed by atoms with Crippen LogP contribution in [0.15, 0.2) is 36.0 Å². The molecule has 0 aliphatic rings. The molecule has 4 nitrogen and oxygen atoms in total. The van der Waals surface area contributed by atoms with Crippen LogP contribution in [0.4, 0.5) is 4.39 Å². The van der Waals surface area contributed by atoms with Gasteiger partial charge in [-0.15, -0.1) is 0 Å². The zero-order chi connectivity index (χ0) is 16.7. The number of ketones is 1.